The van der Waals surface area contributed by atoms with Crippen molar-refractivity contribution in [2.75, 3.05) is 6.61 Å². The first-order valence-electron chi connectivity index (χ1n) is 11.0. The van der Waals surface area contributed by atoms with Crippen LogP contribution in [0.3, 0.4) is 0 Å². The van der Waals surface area contributed by atoms with E-state index < -0.39 is 24.3 Å². The lowest BCUT2D eigenvalue weighted by molar-refractivity contribution is -0.190. The van der Waals surface area contributed by atoms with E-state index in [0.29, 0.717) is 19.8 Å². The van der Waals surface area contributed by atoms with Gasteiger partial charge in [0.2, 0.25) is 0 Å². The fourth-order valence-electron chi connectivity index (χ4n) is 3.70. The predicted molar refractivity (Wildman–Crippen MR) is 125 cm³/mol. The average Bonchev–Trinajstić information content (AvgIpc) is 2.86. The van der Waals surface area contributed by atoms with Crippen LogP contribution in [-0.2, 0) is 43.6 Å². The van der Waals surface area contributed by atoms with Crippen molar-refractivity contribution < 1.29 is 23.7 Å². The van der Waals surface area contributed by atoms with Crippen molar-refractivity contribution >= 4 is 5.97 Å². The van der Waals surface area contributed by atoms with Gasteiger partial charge in [0.1, 0.15) is 12.2 Å². The Hall–Kier alpha value is -3.25. The van der Waals surface area contributed by atoms with E-state index in [1.54, 1.807) is 0 Å². The van der Waals surface area contributed by atoms with Gasteiger partial charge in [0, 0.05) is 0 Å². The van der Waals surface area contributed by atoms with Gasteiger partial charge in [0.15, 0.2) is 6.10 Å². The van der Waals surface area contributed by atoms with E-state index in [0.717, 1.165) is 16.7 Å². The minimum absolute atomic E-state index is 0.193. The Morgan fingerprint density at radius 1 is 0.697 bits per heavy atom. The number of esters is 1. The molecule has 0 amide bonds. The summed E-state index contributed by atoms with van der Waals surface area (Å²) in [5.41, 5.74) is 3.32. The van der Waals surface area contributed by atoms with Crippen LogP contribution < -0.4 is 0 Å². The normalized spacial score (nSPS) is 20.4. The zero-order chi connectivity index (χ0) is 22.9. The minimum atomic E-state index is -0.638. The Morgan fingerprint density at radius 2 is 1.18 bits per heavy atom. The summed E-state index contributed by atoms with van der Waals surface area (Å²) in [5, 5.41) is 0. The second-order valence-corrected chi connectivity index (χ2v) is 7.95. The molecule has 0 aliphatic carbocycles. The summed E-state index contributed by atoms with van der Waals surface area (Å²) < 4.78 is 24.0. The van der Waals surface area contributed by atoms with Crippen molar-refractivity contribution in [1.82, 2.24) is 0 Å². The summed E-state index contributed by atoms with van der Waals surface area (Å²) in [6.45, 7) is 5.23. The molecule has 0 bridgehead atoms. The molecule has 0 saturated carbocycles. The highest BCUT2D eigenvalue weighted by atomic mass is 16.6. The van der Waals surface area contributed by atoms with E-state index in [2.05, 4.69) is 6.58 Å². The molecule has 0 spiro atoms. The van der Waals surface area contributed by atoms with E-state index >= 15 is 0 Å². The van der Waals surface area contributed by atoms with E-state index in [9.17, 15) is 4.79 Å². The molecule has 33 heavy (non-hydrogen) atoms. The highest BCUT2D eigenvalue weighted by Gasteiger charge is 2.43. The van der Waals surface area contributed by atoms with Crippen LogP contribution in [0, 0.1) is 0 Å². The van der Waals surface area contributed by atoms with Crippen molar-refractivity contribution in [3.8, 4) is 0 Å². The molecule has 1 aliphatic heterocycles. The smallest absolute Gasteiger partial charge is 0.336 e. The Morgan fingerprint density at radius 3 is 1.73 bits per heavy atom. The molecule has 3 aromatic rings. The van der Waals surface area contributed by atoms with Crippen molar-refractivity contribution in [1.29, 1.82) is 0 Å². The van der Waals surface area contributed by atoms with Crippen LogP contribution in [0.25, 0.3) is 0 Å². The minimum Gasteiger partial charge on any atom is -0.454 e. The molecule has 5 heteroatoms. The van der Waals surface area contributed by atoms with Gasteiger partial charge in [-0.25, -0.2) is 4.79 Å². The number of cyclic esters (lactones) is 1. The lowest BCUT2D eigenvalue weighted by Crippen LogP contribution is -2.52. The first-order valence-corrected chi connectivity index (χ1v) is 11.0. The zero-order valence-corrected chi connectivity index (χ0v) is 18.5. The van der Waals surface area contributed by atoms with Crippen molar-refractivity contribution in [3.63, 3.8) is 0 Å². The molecule has 1 heterocycles. The molecule has 0 unspecified atom stereocenters. The number of hydrogen-bond donors (Lipinski definition) is 0. The van der Waals surface area contributed by atoms with Crippen LogP contribution in [0.5, 0.6) is 0 Å². The molecule has 3 aromatic carbocycles. The summed E-state index contributed by atoms with van der Waals surface area (Å²) in [6.07, 6.45) is -1.80. The predicted octanol–water partition coefficient (Wildman–Crippen LogP) is 4.86. The van der Waals surface area contributed by atoms with E-state index in [1.807, 2.05) is 91.0 Å². The monoisotopic (exact) mass is 444 g/mol. The molecule has 0 N–H and O–H groups in total. The molecule has 1 fully saturated rings. The van der Waals surface area contributed by atoms with Crippen LogP contribution in [0.2, 0.25) is 0 Å². The summed E-state index contributed by atoms with van der Waals surface area (Å²) in [7, 11) is 0. The maximum absolute atomic E-state index is 12.6. The van der Waals surface area contributed by atoms with Crippen molar-refractivity contribution in [3.05, 3.63) is 120 Å². The van der Waals surface area contributed by atoms with Crippen molar-refractivity contribution in [2.45, 2.75) is 38.1 Å². The van der Waals surface area contributed by atoms with Crippen molar-refractivity contribution in [2.24, 2.45) is 0 Å². The van der Waals surface area contributed by atoms with Gasteiger partial charge in [0.05, 0.1) is 32.0 Å². The maximum Gasteiger partial charge on any atom is 0.336 e. The van der Waals surface area contributed by atoms with Gasteiger partial charge >= 0.3 is 5.97 Å². The number of rotatable bonds is 10. The van der Waals surface area contributed by atoms with Crippen LogP contribution >= 0.6 is 0 Å². The Labute approximate surface area is 194 Å². The second kappa shape index (κ2) is 11.6. The number of carbonyl (C=O) groups is 1. The first-order chi connectivity index (χ1) is 16.2. The third-order valence-electron chi connectivity index (χ3n) is 5.48. The molecular formula is C28H28O5. The van der Waals surface area contributed by atoms with E-state index in [4.69, 9.17) is 18.9 Å². The van der Waals surface area contributed by atoms with Gasteiger partial charge < -0.3 is 18.9 Å². The van der Waals surface area contributed by atoms with Gasteiger partial charge in [-0.15, -0.1) is 0 Å². The topological polar surface area (TPSA) is 54.0 Å². The quantitative estimate of drug-likeness (QED) is 0.330. The van der Waals surface area contributed by atoms with Gasteiger partial charge in [-0.1, -0.05) is 97.6 Å². The fourth-order valence-corrected chi connectivity index (χ4v) is 3.70. The summed E-state index contributed by atoms with van der Waals surface area (Å²) >= 11 is 0. The molecule has 0 radical (unpaired) electrons. The lowest BCUT2D eigenvalue weighted by atomic mass is 9.97. The summed E-state index contributed by atoms with van der Waals surface area (Å²) in [4.78, 5) is 12.6. The molecule has 0 aromatic heterocycles. The molecule has 5 nitrogen and oxygen atoms in total. The van der Waals surface area contributed by atoms with Gasteiger partial charge in [-0.05, 0) is 16.7 Å². The Balaban J connectivity index is 1.47. The fraction of sp³-hybridized carbons (Fsp3) is 0.250. The highest BCUT2D eigenvalue weighted by molar-refractivity contribution is 5.90. The van der Waals surface area contributed by atoms with Gasteiger partial charge in [-0.2, -0.15) is 0 Å². The molecule has 1 aliphatic rings. The van der Waals surface area contributed by atoms with Gasteiger partial charge in [0.25, 0.3) is 0 Å². The molecule has 1 saturated heterocycles. The standard InChI is InChI=1S/C28H28O5/c1-21-26(31-18-23-13-7-3-8-14-23)27(32-19-24-15-9-4-10-16-24)25(33-28(21)29)20-30-17-22-11-5-2-6-12-22/h2-16,25-27H,1,17-20H2/t25-,26-,27+/m1/s1. The summed E-state index contributed by atoms with van der Waals surface area (Å²) in [5.74, 6) is -0.485. The average molecular weight is 445 g/mol. The third-order valence-corrected chi connectivity index (χ3v) is 5.48. The number of hydrogen-bond acceptors (Lipinski definition) is 5. The number of benzene rings is 3. The van der Waals surface area contributed by atoms with Crippen LogP contribution in [0.1, 0.15) is 16.7 Å². The summed E-state index contributed by atoms with van der Waals surface area (Å²) in [6, 6.07) is 29.5. The highest BCUT2D eigenvalue weighted by Crippen LogP contribution is 2.28. The lowest BCUT2D eigenvalue weighted by Gasteiger charge is -2.38. The Kier molecular flexibility index (Phi) is 8.04. The molecular weight excluding hydrogens is 416 g/mol. The largest absolute Gasteiger partial charge is 0.454 e. The number of ether oxygens (including phenoxy) is 4. The SMILES string of the molecule is C=C1C(=O)O[C@H](COCc2ccccc2)[C@H](OCc2ccccc2)[C@@H]1OCc1ccccc1. The Bertz CT molecular complexity index is 1020. The maximum atomic E-state index is 12.6. The molecule has 4 rings (SSSR count). The van der Waals surface area contributed by atoms with E-state index in [-0.39, 0.29) is 12.2 Å². The van der Waals surface area contributed by atoms with E-state index in [1.165, 1.54) is 0 Å². The zero-order valence-electron chi connectivity index (χ0n) is 18.5. The first kappa shape index (κ1) is 22.9. The molecule has 170 valence electrons. The van der Waals surface area contributed by atoms with Gasteiger partial charge in [-0.3, -0.25) is 0 Å². The molecule has 3 atom stereocenters. The number of carbonyl (C=O) groups excluding carboxylic acids is 1. The third kappa shape index (κ3) is 6.39. The van der Waals surface area contributed by atoms with Crippen LogP contribution in [-0.4, -0.2) is 30.9 Å². The van der Waals surface area contributed by atoms with Crippen LogP contribution in [0.4, 0.5) is 0 Å². The second-order valence-electron chi connectivity index (χ2n) is 7.95. The van der Waals surface area contributed by atoms with Crippen LogP contribution in [0.15, 0.2) is 103 Å².